The van der Waals surface area contributed by atoms with E-state index in [1.54, 1.807) is 17.1 Å². The van der Waals surface area contributed by atoms with Crippen molar-refractivity contribution in [1.82, 2.24) is 25.0 Å². The number of rotatable bonds is 6. The molecule has 2 aromatic heterocycles. The van der Waals surface area contributed by atoms with E-state index in [1.165, 1.54) is 25.9 Å². The number of carbonyl (C=O) groups is 1. The van der Waals surface area contributed by atoms with Gasteiger partial charge in [-0.2, -0.15) is 5.10 Å². The predicted octanol–water partition coefficient (Wildman–Crippen LogP) is 2.04. The minimum atomic E-state index is -0.0667. The minimum Gasteiger partial charge on any atom is -0.352 e. The largest absolute Gasteiger partial charge is 0.352 e. The molecule has 3 rings (SSSR count). The van der Waals surface area contributed by atoms with E-state index in [0.29, 0.717) is 18.0 Å². The highest BCUT2D eigenvalue weighted by Crippen LogP contribution is 2.13. The lowest BCUT2D eigenvalue weighted by molar-refractivity contribution is 0.0944. The zero-order valence-corrected chi connectivity index (χ0v) is 14.4. The molecule has 0 unspecified atom stereocenters. The maximum absolute atomic E-state index is 12.5. The van der Waals surface area contributed by atoms with Crippen LogP contribution in [0.5, 0.6) is 0 Å². The van der Waals surface area contributed by atoms with Gasteiger partial charge in [-0.25, -0.2) is 9.67 Å². The van der Waals surface area contributed by atoms with E-state index in [2.05, 4.69) is 27.2 Å². The third-order valence-electron chi connectivity index (χ3n) is 4.50. The van der Waals surface area contributed by atoms with Gasteiger partial charge in [-0.3, -0.25) is 4.79 Å². The number of amides is 1. The molecule has 0 radical (unpaired) electrons. The summed E-state index contributed by atoms with van der Waals surface area (Å²) < 4.78 is 1.70. The van der Waals surface area contributed by atoms with Crippen LogP contribution >= 0.6 is 0 Å². The molecule has 0 spiro atoms. The number of pyridine rings is 1. The van der Waals surface area contributed by atoms with Crippen molar-refractivity contribution in [2.45, 2.75) is 26.7 Å². The molecular weight excluding hydrogens is 302 g/mol. The van der Waals surface area contributed by atoms with E-state index < -0.39 is 0 Å². The topological polar surface area (TPSA) is 63.1 Å². The van der Waals surface area contributed by atoms with Crippen molar-refractivity contribution in [2.75, 3.05) is 26.2 Å². The lowest BCUT2D eigenvalue weighted by Crippen LogP contribution is -2.34. The van der Waals surface area contributed by atoms with Crippen LogP contribution in [-0.2, 0) is 0 Å². The van der Waals surface area contributed by atoms with Crippen molar-refractivity contribution >= 4 is 5.91 Å². The maximum atomic E-state index is 12.5. The first-order valence-corrected chi connectivity index (χ1v) is 8.61. The fraction of sp³-hybridized carbons (Fsp3) is 0.500. The van der Waals surface area contributed by atoms with Gasteiger partial charge in [-0.05, 0) is 50.9 Å². The van der Waals surface area contributed by atoms with Gasteiger partial charge in [0.25, 0.3) is 5.91 Å². The molecule has 2 aromatic rings. The number of hydrogen-bond donors (Lipinski definition) is 1. The van der Waals surface area contributed by atoms with E-state index in [1.807, 2.05) is 25.1 Å². The second-order valence-corrected chi connectivity index (χ2v) is 6.57. The molecule has 0 bridgehead atoms. The van der Waals surface area contributed by atoms with Crippen LogP contribution in [0.2, 0.25) is 0 Å². The van der Waals surface area contributed by atoms with Gasteiger partial charge in [0, 0.05) is 19.3 Å². The number of likely N-dealkylation sites (tertiary alicyclic amines) is 1. The second kappa shape index (κ2) is 7.57. The van der Waals surface area contributed by atoms with E-state index in [-0.39, 0.29) is 5.91 Å². The summed E-state index contributed by atoms with van der Waals surface area (Å²) in [5, 5.41) is 7.34. The number of nitrogens with one attached hydrogen (secondary N) is 1. The maximum Gasteiger partial charge on any atom is 0.254 e. The fourth-order valence-corrected chi connectivity index (χ4v) is 3.18. The van der Waals surface area contributed by atoms with Gasteiger partial charge in [-0.1, -0.05) is 13.0 Å². The Morgan fingerprint density at radius 3 is 2.83 bits per heavy atom. The van der Waals surface area contributed by atoms with E-state index in [0.717, 1.165) is 18.1 Å². The normalized spacial score (nSPS) is 16.2. The van der Waals surface area contributed by atoms with Crippen LogP contribution in [0.25, 0.3) is 5.82 Å². The molecule has 128 valence electrons. The quantitative estimate of drug-likeness (QED) is 0.882. The molecule has 1 aliphatic heterocycles. The summed E-state index contributed by atoms with van der Waals surface area (Å²) in [5.74, 6) is 1.09. The monoisotopic (exact) mass is 327 g/mol. The first-order chi connectivity index (χ1) is 11.6. The van der Waals surface area contributed by atoms with Crippen LogP contribution in [0.3, 0.4) is 0 Å². The molecule has 0 aliphatic carbocycles. The van der Waals surface area contributed by atoms with Crippen LogP contribution in [0.1, 0.15) is 35.8 Å². The molecule has 1 atom stereocenters. The molecule has 6 nitrogen and oxygen atoms in total. The summed E-state index contributed by atoms with van der Waals surface area (Å²) in [7, 11) is 0. The third-order valence-corrected chi connectivity index (χ3v) is 4.50. The van der Waals surface area contributed by atoms with Crippen LogP contribution in [0.4, 0.5) is 0 Å². The molecule has 24 heavy (non-hydrogen) atoms. The van der Waals surface area contributed by atoms with E-state index in [4.69, 9.17) is 0 Å². The zero-order chi connectivity index (χ0) is 16.9. The number of aromatic nitrogens is 3. The smallest absolute Gasteiger partial charge is 0.254 e. The Hall–Kier alpha value is -2.21. The van der Waals surface area contributed by atoms with Crippen molar-refractivity contribution < 1.29 is 4.79 Å². The summed E-state index contributed by atoms with van der Waals surface area (Å²) in [6.07, 6.45) is 5.93. The first-order valence-electron chi connectivity index (χ1n) is 8.61. The molecule has 1 saturated heterocycles. The number of carbonyl (C=O) groups excluding carboxylic acids is 1. The molecule has 1 aliphatic rings. The van der Waals surface area contributed by atoms with Crippen LogP contribution in [-0.4, -0.2) is 51.8 Å². The Morgan fingerprint density at radius 1 is 1.33 bits per heavy atom. The number of hydrogen-bond acceptors (Lipinski definition) is 4. The standard InChI is InChI=1S/C18H25N5O/c1-14(13-22-9-5-6-10-22)11-20-18(24)16-12-21-23(15(16)2)17-7-3-4-8-19-17/h3-4,7-8,12,14H,5-6,9-11,13H2,1-2H3,(H,20,24)/t14-/m0/s1. The van der Waals surface area contributed by atoms with Gasteiger partial charge >= 0.3 is 0 Å². The fourth-order valence-electron chi connectivity index (χ4n) is 3.18. The minimum absolute atomic E-state index is 0.0667. The van der Waals surface area contributed by atoms with Crippen molar-refractivity contribution in [2.24, 2.45) is 5.92 Å². The third kappa shape index (κ3) is 3.82. The van der Waals surface area contributed by atoms with Gasteiger partial charge in [0.1, 0.15) is 0 Å². The first kappa shape index (κ1) is 16.6. The summed E-state index contributed by atoms with van der Waals surface area (Å²) in [4.78, 5) is 19.2. The Kier molecular flexibility index (Phi) is 5.25. The molecule has 1 N–H and O–H groups in total. The highest BCUT2D eigenvalue weighted by molar-refractivity contribution is 5.95. The van der Waals surface area contributed by atoms with E-state index in [9.17, 15) is 4.79 Å². The van der Waals surface area contributed by atoms with E-state index >= 15 is 0 Å². The predicted molar refractivity (Wildman–Crippen MR) is 93.3 cm³/mol. The van der Waals surface area contributed by atoms with Gasteiger partial charge in [0.2, 0.25) is 0 Å². The highest BCUT2D eigenvalue weighted by Gasteiger charge is 2.18. The number of nitrogens with zero attached hydrogens (tertiary/aromatic N) is 4. The highest BCUT2D eigenvalue weighted by atomic mass is 16.1. The lowest BCUT2D eigenvalue weighted by atomic mass is 10.1. The molecule has 0 saturated carbocycles. The zero-order valence-electron chi connectivity index (χ0n) is 14.4. The van der Waals surface area contributed by atoms with Gasteiger partial charge in [0.15, 0.2) is 5.82 Å². The Morgan fingerprint density at radius 2 is 2.12 bits per heavy atom. The van der Waals surface area contributed by atoms with Gasteiger partial charge in [-0.15, -0.1) is 0 Å². The molecule has 1 amide bonds. The Balaban J connectivity index is 1.58. The molecule has 0 aromatic carbocycles. The molecular formula is C18H25N5O. The van der Waals surface area contributed by atoms with Crippen molar-refractivity contribution in [3.8, 4) is 5.82 Å². The summed E-state index contributed by atoms with van der Waals surface area (Å²) >= 11 is 0. The van der Waals surface area contributed by atoms with Crippen molar-refractivity contribution in [3.63, 3.8) is 0 Å². The van der Waals surface area contributed by atoms with Crippen LogP contribution in [0, 0.1) is 12.8 Å². The summed E-state index contributed by atoms with van der Waals surface area (Å²) in [5.41, 5.74) is 1.41. The SMILES string of the molecule is Cc1c(C(=O)NC[C@H](C)CN2CCCC2)cnn1-c1ccccn1. The second-order valence-electron chi connectivity index (χ2n) is 6.57. The molecule has 3 heterocycles. The summed E-state index contributed by atoms with van der Waals surface area (Å²) in [6.45, 7) is 8.19. The lowest BCUT2D eigenvalue weighted by Gasteiger charge is -2.20. The molecule has 6 heteroatoms. The Bertz CT molecular complexity index is 676. The van der Waals surface area contributed by atoms with Gasteiger partial charge < -0.3 is 10.2 Å². The van der Waals surface area contributed by atoms with Gasteiger partial charge in [0.05, 0.1) is 17.5 Å². The average Bonchev–Trinajstić information content (AvgIpc) is 3.23. The molecule has 1 fully saturated rings. The van der Waals surface area contributed by atoms with Crippen molar-refractivity contribution in [1.29, 1.82) is 0 Å². The Labute approximate surface area is 142 Å². The van der Waals surface area contributed by atoms with Crippen LogP contribution in [0.15, 0.2) is 30.6 Å². The average molecular weight is 327 g/mol. The van der Waals surface area contributed by atoms with Crippen molar-refractivity contribution in [3.05, 3.63) is 41.9 Å². The van der Waals surface area contributed by atoms with Crippen LogP contribution < -0.4 is 5.32 Å². The summed E-state index contributed by atoms with van der Waals surface area (Å²) in [6, 6.07) is 5.64.